The molecular weight excluding hydrogens is 358 g/mol. The van der Waals surface area contributed by atoms with Crippen molar-refractivity contribution in [2.45, 2.75) is 25.3 Å². The molecule has 2 rings (SSSR count). The Morgan fingerprint density at radius 3 is 2.33 bits per heavy atom. The van der Waals surface area contributed by atoms with Gasteiger partial charge in [0, 0.05) is 21.1 Å². The van der Waals surface area contributed by atoms with Crippen molar-refractivity contribution in [3.63, 3.8) is 0 Å². The van der Waals surface area contributed by atoms with Crippen LogP contribution in [0.3, 0.4) is 0 Å². The Bertz CT molecular complexity index is 758. The molecule has 0 fully saturated rings. The van der Waals surface area contributed by atoms with E-state index in [2.05, 4.69) is 26.1 Å². The SMILES string of the molecule is Cc1nn(C)c(C)c1S(=O)(=O)N(C)Cc1c(Br)cnn1C. The maximum Gasteiger partial charge on any atom is 0.246 e. The standard InChI is InChI=1S/C12H18BrN5O2S/c1-8-12(9(2)17(4)15-8)21(19,20)16(3)7-11-10(13)6-14-18(11)5/h6H,7H2,1-5H3. The molecule has 0 radical (unpaired) electrons. The molecule has 0 aliphatic carbocycles. The highest BCUT2D eigenvalue weighted by molar-refractivity contribution is 9.10. The van der Waals surface area contributed by atoms with Crippen LogP contribution in [0.5, 0.6) is 0 Å². The fourth-order valence-electron chi connectivity index (χ4n) is 2.19. The van der Waals surface area contributed by atoms with Gasteiger partial charge in [-0.25, -0.2) is 8.42 Å². The average molecular weight is 376 g/mol. The number of aromatic nitrogens is 4. The van der Waals surface area contributed by atoms with Gasteiger partial charge in [-0.2, -0.15) is 14.5 Å². The van der Waals surface area contributed by atoms with Crippen molar-refractivity contribution in [1.82, 2.24) is 23.9 Å². The molecule has 0 N–H and O–H groups in total. The molecule has 0 aliphatic heterocycles. The van der Waals surface area contributed by atoms with Crippen LogP contribution in [0, 0.1) is 13.8 Å². The molecule has 0 saturated carbocycles. The first-order valence-electron chi connectivity index (χ1n) is 6.29. The van der Waals surface area contributed by atoms with Crippen LogP contribution < -0.4 is 0 Å². The highest BCUT2D eigenvalue weighted by atomic mass is 79.9. The second-order valence-electron chi connectivity index (χ2n) is 4.95. The van der Waals surface area contributed by atoms with Crippen LogP contribution in [-0.2, 0) is 30.7 Å². The fourth-order valence-corrected chi connectivity index (χ4v) is 4.19. The minimum Gasteiger partial charge on any atom is -0.271 e. The number of halogens is 1. The van der Waals surface area contributed by atoms with Crippen molar-refractivity contribution < 1.29 is 8.42 Å². The molecule has 0 aliphatic rings. The molecule has 0 amide bonds. The van der Waals surface area contributed by atoms with Gasteiger partial charge in [0.05, 0.1) is 34.3 Å². The largest absolute Gasteiger partial charge is 0.271 e. The van der Waals surface area contributed by atoms with Crippen molar-refractivity contribution in [2.24, 2.45) is 14.1 Å². The van der Waals surface area contributed by atoms with Crippen LogP contribution in [-0.4, -0.2) is 39.3 Å². The van der Waals surface area contributed by atoms with Crippen molar-refractivity contribution in [1.29, 1.82) is 0 Å². The van der Waals surface area contributed by atoms with E-state index in [-0.39, 0.29) is 11.4 Å². The molecule has 9 heteroatoms. The smallest absolute Gasteiger partial charge is 0.246 e. The number of sulfonamides is 1. The summed E-state index contributed by atoms with van der Waals surface area (Å²) in [7, 11) is 1.47. The Hall–Kier alpha value is -1.19. The second kappa shape index (κ2) is 5.54. The van der Waals surface area contributed by atoms with Gasteiger partial charge in [0.15, 0.2) is 0 Å². The topological polar surface area (TPSA) is 73.0 Å². The van der Waals surface area contributed by atoms with E-state index >= 15 is 0 Å². The van der Waals surface area contributed by atoms with Crippen molar-refractivity contribution in [3.8, 4) is 0 Å². The van der Waals surface area contributed by atoms with Gasteiger partial charge in [-0.1, -0.05) is 0 Å². The number of rotatable bonds is 4. The van der Waals surface area contributed by atoms with E-state index in [9.17, 15) is 8.42 Å². The minimum absolute atomic E-state index is 0.229. The second-order valence-corrected chi connectivity index (χ2v) is 7.78. The summed E-state index contributed by atoms with van der Waals surface area (Å²) < 4.78 is 30.9. The summed E-state index contributed by atoms with van der Waals surface area (Å²) >= 11 is 3.38. The van der Waals surface area contributed by atoms with Gasteiger partial charge in [-0.05, 0) is 29.8 Å². The third-order valence-electron chi connectivity index (χ3n) is 3.49. The average Bonchev–Trinajstić information content (AvgIpc) is 2.83. The maximum atomic E-state index is 12.8. The molecule has 2 aromatic heterocycles. The Morgan fingerprint density at radius 2 is 1.90 bits per heavy atom. The molecule has 7 nitrogen and oxygen atoms in total. The summed E-state index contributed by atoms with van der Waals surface area (Å²) in [6.45, 7) is 3.68. The van der Waals surface area contributed by atoms with Crippen LogP contribution in [0.15, 0.2) is 15.6 Å². The van der Waals surface area contributed by atoms with E-state index in [4.69, 9.17) is 0 Å². The van der Waals surface area contributed by atoms with Crippen LogP contribution >= 0.6 is 15.9 Å². The molecule has 0 spiro atoms. The van der Waals surface area contributed by atoms with Crippen LogP contribution in [0.2, 0.25) is 0 Å². The summed E-state index contributed by atoms with van der Waals surface area (Å²) in [6.07, 6.45) is 1.65. The predicted molar refractivity (Wildman–Crippen MR) is 82.2 cm³/mol. The zero-order chi connectivity index (χ0) is 15.9. The summed E-state index contributed by atoms with van der Waals surface area (Å²) in [6, 6.07) is 0. The lowest BCUT2D eigenvalue weighted by atomic mass is 10.4. The molecule has 0 saturated heterocycles. The van der Waals surface area contributed by atoms with E-state index in [0.717, 1.165) is 10.2 Å². The van der Waals surface area contributed by atoms with E-state index in [0.29, 0.717) is 11.4 Å². The van der Waals surface area contributed by atoms with E-state index in [1.165, 1.54) is 4.31 Å². The zero-order valence-corrected chi connectivity index (χ0v) is 15.0. The quantitative estimate of drug-likeness (QED) is 0.808. The highest BCUT2D eigenvalue weighted by Gasteiger charge is 2.29. The first kappa shape index (κ1) is 16.2. The lowest BCUT2D eigenvalue weighted by molar-refractivity contribution is 0.451. The molecule has 0 aromatic carbocycles. The number of aryl methyl sites for hydroxylation is 3. The molecule has 0 atom stereocenters. The van der Waals surface area contributed by atoms with E-state index < -0.39 is 10.0 Å². The summed E-state index contributed by atoms with van der Waals surface area (Å²) in [5.74, 6) is 0. The Morgan fingerprint density at radius 1 is 1.29 bits per heavy atom. The van der Waals surface area contributed by atoms with Crippen molar-refractivity contribution in [2.75, 3.05) is 7.05 Å². The first-order valence-corrected chi connectivity index (χ1v) is 8.52. The monoisotopic (exact) mass is 375 g/mol. The fraction of sp³-hybridized carbons (Fsp3) is 0.500. The van der Waals surface area contributed by atoms with Crippen LogP contribution in [0.4, 0.5) is 0 Å². The molecule has 0 bridgehead atoms. The lowest BCUT2D eigenvalue weighted by Crippen LogP contribution is -2.28. The van der Waals surface area contributed by atoms with Gasteiger partial charge >= 0.3 is 0 Å². The molecular formula is C12H18BrN5O2S. The number of hydrogen-bond donors (Lipinski definition) is 0. The molecule has 116 valence electrons. The van der Waals surface area contributed by atoms with Gasteiger partial charge in [0.25, 0.3) is 0 Å². The predicted octanol–water partition coefficient (Wildman–Crippen LogP) is 1.35. The molecule has 21 heavy (non-hydrogen) atoms. The summed E-state index contributed by atoms with van der Waals surface area (Å²) in [5.41, 5.74) is 1.93. The Balaban J connectivity index is 2.40. The van der Waals surface area contributed by atoms with Gasteiger partial charge in [-0.15, -0.1) is 0 Å². The normalized spacial score (nSPS) is 12.3. The van der Waals surface area contributed by atoms with Crippen LogP contribution in [0.1, 0.15) is 17.1 Å². The molecule has 2 aromatic rings. The first-order chi connectivity index (χ1) is 9.66. The number of hydrogen-bond acceptors (Lipinski definition) is 4. The molecule has 0 unspecified atom stereocenters. The van der Waals surface area contributed by atoms with Gasteiger partial charge < -0.3 is 0 Å². The molecule has 2 heterocycles. The highest BCUT2D eigenvalue weighted by Crippen LogP contribution is 2.25. The summed E-state index contributed by atoms with van der Waals surface area (Å²) in [4.78, 5) is 0.269. The van der Waals surface area contributed by atoms with Crippen LogP contribution in [0.25, 0.3) is 0 Å². The minimum atomic E-state index is -3.60. The van der Waals surface area contributed by atoms with E-state index in [1.54, 1.807) is 50.6 Å². The Labute approximate surface area is 132 Å². The lowest BCUT2D eigenvalue weighted by Gasteiger charge is -2.18. The maximum absolute atomic E-state index is 12.8. The third kappa shape index (κ3) is 2.77. The Kier molecular flexibility index (Phi) is 4.27. The van der Waals surface area contributed by atoms with Gasteiger partial charge in [0.1, 0.15) is 4.90 Å². The van der Waals surface area contributed by atoms with Gasteiger partial charge in [0.2, 0.25) is 10.0 Å². The van der Waals surface area contributed by atoms with Crippen molar-refractivity contribution >= 4 is 26.0 Å². The summed E-state index contributed by atoms with van der Waals surface area (Å²) in [5, 5.41) is 8.27. The number of nitrogens with zero attached hydrogens (tertiary/aromatic N) is 5. The van der Waals surface area contributed by atoms with Gasteiger partial charge in [-0.3, -0.25) is 9.36 Å². The van der Waals surface area contributed by atoms with E-state index in [1.807, 2.05) is 0 Å². The van der Waals surface area contributed by atoms with Crippen molar-refractivity contribution in [3.05, 3.63) is 27.8 Å². The zero-order valence-electron chi connectivity index (χ0n) is 12.6. The third-order valence-corrected chi connectivity index (χ3v) is 6.21.